The van der Waals surface area contributed by atoms with E-state index in [4.69, 9.17) is 0 Å². The molecule has 0 bridgehead atoms. The molecule has 0 spiro atoms. The largest absolute Gasteiger partial charge is 0.416 e. The summed E-state index contributed by atoms with van der Waals surface area (Å²) in [4.78, 5) is 11.2. The van der Waals surface area contributed by atoms with Gasteiger partial charge in [0, 0.05) is 5.56 Å². The summed E-state index contributed by atoms with van der Waals surface area (Å²) in [6, 6.07) is 11.9. The molecule has 0 saturated carbocycles. The Morgan fingerprint density at radius 2 is 1.48 bits per heavy atom. The first-order valence-corrected chi connectivity index (χ1v) is 9.00. The topological polar surface area (TPSA) is 17.1 Å². The van der Waals surface area contributed by atoms with E-state index in [9.17, 15) is 22.4 Å². The van der Waals surface area contributed by atoms with Gasteiger partial charge in [0.05, 0.1) is 11.1 Å². The minimum absolute atomic E-state index is 0.0312. The Kier molecular flexibility index (Phi) is 5.82. The van der Waals surface area contributed by atoms with Crippen LogP contribution in [0.15, 0.2) is 54.6 Å². The summed E-state index contributed by atoms with van der Waals surface area (Å²) >= 11 is 0. The molecule has 0 aliphatic carbocycles. The summed E-state index contributed by atoms with van der Waals surface area (Å²) in [6.07, 6.45) is -2.67. The van der Waals surface area contributed by atoms with E-state index in [2.05, 4.69) is 0 Å². The molecule has 0 heterocycles. The quantitative estimate of drug-likeness (QED) is 0.328. The van der Waals surface area contributed by atoms with Gasteiger partial charge < -0.3 is 0 Å². The van der Waals surface area contributed by atoms with Gasteiger partial charge in [-0.3, -0.25) is 4.79 Å². The van der Waals surface area contributed by atoms with Gasteiger partial charge in [0.2, 0.25) is 0 Å². The van der Waals surface area contributed by atoms with E-state index in [0.717, 1.165) is 48.7 Å². The highest BCUT2D eigenvalue weighted by atomic mass is 19.4. The van der Waals surface area contributed by atoms with Gasteiger partial charge in [0.25, 0.3) is 0 Å². The second kappa shape index (κ2) is 8.15. The molecular weight excluding hydrogens is 387 g/mol. The number of rotatable bonds is 5. The van der Waals surface area contributed by atoms with Crippen LogP contribution >= 0.6 is 0 Å². The van der Waals surface area contributed by atoms with E-state index in [1.807, 2.05) is 6.92 Å². The van der Waals surface area contributed by atoms with Crippen LogP contribution in [0.4, 0.5) is 22.0 Å². The highest BCUT2D eigenvalue weighted by molar-refractivity contribution is 5.89. The highest BCUT2D eigenvalue weighted by Crippen LogP contribution is 2.38. The average molecular weight is 404 g/mol. The molecule has 0 amide bonds. The smallest absolute Gasteiger partial charge is 0.298 e. The van der Waals surface area contributed by atoms with Crippen LogP contribution in [0.3, 0.4) is 0 Å². The van der Waals surface area contributed by atoms with E-state index in [-0.39, 0.29) is 23.0 Å². The Morgan fingerprint density at radius 1 is 0.897 bits per heavy atom. The van der Waals surface area contributed by atoms with E-state index in [0.29, 0.717) is 5.56 Å². The summed E-state index contributed by atoms with van der Waals surface area (Å²) in [6.45, 7) is 2.02. The van der Waals surface area contributed by atoms with Crippen LogP contribution in [0.1, 0.15) is 34.8 Å². The Morgan fingerprint density at radius 3 is 2.00 bits per heavy atom. The zero-order valence-corrected chi connectivity index (χ0v) is 15.5. The van der Waals surface area contributed by atoms with Gasteiger partial charge >= 0.3 is 6.18 Å². The van der Waals surface area contributed by atoms with Crippen LogP contribution in [0, 0.1) is 11.6 Å². The monoisotopic (exact) mass is 404 g/mol. The molecule has 0 aliphatic heterocycles. The molecule has 1 nitrogen and oxygen atoms in total. The lowest BCUT2D eigenvalue weighted by Crippen LogP contribution is -2.04. The first-order chi connectivity index (χ1) is 13.8. The lowest BCUT2D eigenvalue weighted by Gasteiger charge is -2.15. The average Bonchev–Trinajstić information content (AvgIpc) is 2.68. The van der Waals surface area contributed by atoms with Crippen molar-refractivity contribution in [2.24, 2.45) is 0 Å². The van der Waals surface area contributed by atoms with Crippen LogP contribution in [0.25, 0.3) is 22.3 Å². The van der Waals surface area contributed by atoms with Gasteiger partial charge in [0.15, 0.2) is 6.29 Å². The van der Waals surface area contributed by atoms with Crippen molar-refractivity contribution < 1.29 is 26.7 Å². The van der Waals surface area contributed by atoms with Gasteiger partial charge in [-0.05, 0) is 46.9 Å². The second-order valence-corrected chi connectivity index (χ2v) is 6.65. The summed E-state index contributed by atoms with van der Waals surface area (Å²) in [7, 11) is 0. The highest BCUT2D eigenvalue weighted by Gasteiger charge is 2.30. The molecule has 6 heteroatoms. The van der Waals surface area contributed by atoms with Gasteiger partial charge in [0.1, 0.15) is 11.6 Å². The number of carbonyl (C=O) groups is 1. The molecule has 150 valence electrons. The number of aldehydes is 1. The number of alkyl halides is 3. The third-order valence-electron chi connectivity index (χ3n) is 4.68. The minimum Gasteiger partial charge on any atom is -0.298 e. The molecule has 29 heavy (non-hydrogen) atoms. The summed E-state index contributed by atoms with van der Waals surface area (Å²) < 4.78 is 67.8. The molecule has 3 aromatic carbocycles. The Hall–Kier alpha value is -3.02. The molecule has 0 saturated heterocycles. The second-order valence-electron chi connectivity index (χ2n) is 6.65. The van der Waals surface area contributed by atoms with Crippen molar-refractivity contribution >= 4 is 6.29 Å². The van der Waals surface area contributed by atoms with Gasteiger partial charge in [-0.25, -0.2) is 8.78 Å². The summed E-state index contributed by atoms with van der Waals surface area (Å²) in [5.74, 6) is -2.11. The number of aryl methyl sites for hydroxylation is 1. The first kappa shape index (κ1) is 20.7. The fraction of sp³-hybridized carbons (Fsp3) is 0.174. The van der Waals surface area contributed by atoms with E-state index < -0.39 is 28.9 Å². The molecule has 0 unspecified atom stereocenters. The lowest BCUT2D eigenvalue weighted by molar-refractivity contribution is -0.137. The molecule has 0 N–H and O–H groups in total. The molecule has 0 fully saturated rings. The Bertz CT molecular complexity index is 1020. The molecule has 0 atom stereocenters. The SMILES string of the molecule is CCCc1ccc(-c2c(-c3ccc(C(F)(F)F)cc3)cc(F)c(C=O)c2F)cc1. The fourth-order valence-corrected chi connectivity index (χ4v) is 3.22. The molecule has 0 radical (unpaired) electrons. The maximum atomic E-state index is 15.0. The van der Waals surface area contributed by atoms with Crippen molar-refractivity contribution in [3.63, 3.8) is 0 Å². The maximum absolute atomic E-state index is 15.0. The lowest BCUT2D eigenvalue weighted by atomic mass is 9.91. The zero-order chi connectivity index (χ0) is 21.2. The van der Waals surface area contributed by atoms with Crippen molar-refractivity contribution in [2.75, 3.05) is 0 Å². The molecule has 0 aliphatic rings. The van der Waals surface area contributed by atoms with E-state index in [1.165, 1.54) is 0 Å². The Labute approximate surface area is 164 Å². The normalized spacial score (nSPS) is 11.5. The third-order valence-corrected chi connectivity index (χ3v) is 4.68. The molecule has 3 rings (SSSR count). The number of benzene rings is 3. The molecule has 3 aromatic rings. The standard InChI is InChI=1S/C23H17F5O/c1-2-3-14-4-6-16(7-5-14)21-18(12-20(24)19(13-29)22(21)25)15-8-10-17(11-9-15)23(26,27)28/h4-13H,2-3H2,1H3. The zero-order valence-electron chi connectivity index (χ0n) is 15.5. The summed E-state index contributed by atoms with van der Waals surface area (Å²) in [5.41, 5.74) is 0.107. The van der Waals surface area contributed by atoms with Crippen LogP contribution in [0.2, 0.25) is 0 Å². The van der Waals surface area contributed by atoms with Gasteiger partial charge in [-0.1, -0.05) is 49.7 Å². The van der Waals surface area contributed by atoms with Crippen molar-refractivity contribution in [1.82, 2.24) is 0 Å². The van der Waals surface area contributed by atoms with Crippen LogP contribution in [-0.2, 0) is 12.6 Å². The van der Waals surface area contributed by atoms with Crippen molar-refractivity contribution in [1.29, 1.82) is 0 Å². The minimum atomic E-state index is -4.52. The molecular formula is C23H17F5O. The van der Waals surface area contributed by atoms with Crippen molar-refractivity contribution in [3.8, 4) is 22.3 Å². The number of carbonyl (C=O) groups excluding carboxylic acids is 1. The van der Waals surface area contributed by atoms with E-state index in [1.54, 1.807) is 24.3 Å². The predicted octanol–water partition coefficient (Wildman–Crippen LogP) is 7.08. The van der Waals surface area contributed by atoms with Crippen LogP contribution in [0.5, 0.6) is 0 Å². The summed E-state index contributed by atoms with van der Waals surface area (Å²) in [5, 5.41) is 0. The number of hydrogen-bond donors (Lipinski definition) is 0. The fourth-order valence-electron chi connectivity index (χ4n) is 3.22. The van der Waals surface area contributed by atoms with Crippen molar-refractivity contribution in [2.45, 2.75) is 25.9 Å². The predicted molar refractivity (Wildman–Crippen MR) is 102 cm³/mol. The van der Waals surface area contributed by atoms with E-state index >= 15 is 4.39 Å². The number of hydrogen-bond acceptors (Lipinski definition) is 1. The molecule has 0 aromatic heterocycles. The third kappa shape index (κ3) is 4.21. The van der Waals surface area contributed by atoms with Crippen molar-refractivity contribution in [3.05, 3.63) is 82.9 Å². The van der Waals surface area contributed by atoms with Crippen LogP contribution < -0.4 is 0 Å². The van der Waals surface area contributed by atoms with Crippen LogP contribution in [-0.4, -0.2) is 6.29 Å². The Balaban J connectivity index is 2.20. The van der Waals surface area contributed by atoms with Gasteiger partial charge in [-0.15, -0.1) is 0 Å². The first-order valence-electron chi connectivity index (χ1n) is 9.00. The maximum Gasteiger partial charge on any atom is 0.416 e. The number of halogens is 5. The van der Waals surface area contributed by atoms with Gasteiger partial charge in [-0.2, -0.15) is 13.2 Å².